The van der Waals surface area contributed by atoms with Crippen LogP contribution in [-0.2, 0) is 14.4 Å². The van der Waals surface area contributed by atoms with Gasteiger partial charge in [-0.3, -0.25) is 4.79 Å². The number of carbonyl (C=O) groups is 3. The highest BCUT2D eigenvalue weighted by molar-refractivity contribution is 5.84. The summed E-state index contributed by atoms with van der Waals surface area (Å²) in [6.45, 7) is 5.27. The highest BCUT2D eigenvalue weighted by atomic mass is 16.4. The Kier molecular flexibility index (Phi) is 7.18. The first-order valence-electron chi connectivity index (χ1n) is 5.84. The molecule has 0 aliphatic rings. The van der Waals surface area contributed by atoms with E-state index in [9.17, 15) is 14.4 Å². The maximum atomic E-state index is 11.4. The molecule has 5 nitrogen and oxygen atoms in total. The maximum Gasteiger partial charge on any atom is 0.326 e. The van der Waals surface area contributed by atoms with Gasteiger partial charge in [-0.15, -0.1) is 0 Å². The van der Waals surface area contributed by atoms with Crippen molar-refractivity contribution in [2.75, 3.05) is 0 Å². The fraction of sp³-hybridized carbons (Fsp3) is 0.750. The Balaban J connectivity index is 4.04. The molecule has 0 aliphatic heterocycles. The maximum absolute atomic E-state index is 11.4. The van der Waals surface area contributed by atoms with E-state index in [2.05, 4.69) is 5.32 Å². The molecule has 0 fully saturated rings. The molecule has 1 atom stereocenters. The van der Waals surface area contributed by atoms with Crippen LogP contribution in [0.5, 0.6) is 0 Å². The van der Waals surface area contributed by atoms with Gasteiger partial charge < -0.3 is 15.2 Å². The Morgan fingerprint density at radius 1 is 1.18 bits per heavy atom. The molecule has 0 radical (unpaired) electrons. The molecular formula is C12H21NO4. The lowest BCUT2D eigenvalue weighted by Gasteiger charge is -2.16. The van der Waals surface area contributed by atoms with Crippen molar-refractivity contribution >= 4 is 17.7 Å². The zero-order valence-corrected chi connectivity index (χ0v) is 10.7. The third-order valence-electron chi connectivity index (χ3n) is 2.27. The summed E-state index contributed by atoms with van der Waals surface area (Å²) in [4.78, 5) is 33.0. The number of carbonyl (C=O) groups excluding carboxylic acids is 2. The van der Waals surface area contributed by atoms with Gasteiger partial charge in [0.15, 0.2) is 0 Å². The lowest BCUT2D eigenvalue weighted by atomic mass is 10.0. The third-order valence-corrected chi connectivity index (χ3v) is 2.27. The van der Waals surface area contributed by atoms with Crippen molar-refractivity contribution in [3.63, 3.8) is 0 Å². The normalized spacial score (nSPS) is 12.2. The monoisotopic (exact) mass is 243 g/mol. The number of ketones is 1. The topological polar surface area (TPSA) is 83.5 Å². The van der Waals surface area contributed by atoms with Crippen LogP contribution in [0.3, 0.4) is 0 Å². The van der Waals surface area contributed by atoms with Crippen LogP contribution in [0.1, 0.15) is 46.5 Å². The van der Waals surface area contributed by atoms with E-state index >= 15 is 0 Å². The Morgan fingerprint density at radius 2 is 1.76 bits per heavy atom. The molecule has 0 saturated carbocycles. The second-order valence-electron chi connectivity index (χ2n) is 4.64. The minimum absolute atomic E-state index is 0.0368. The molecule has 0 aromatic heterocycles. The van der Waals surface area contributed by atoms with E-state index in [1.54, 1.807) is 0 Å². The first-order chi connectivity index (χ1) is 7.82. The zero-order valence-electron chi connectivity index (χ0n) is 10.7. The third kappa shape index (κ3) is 8.42. The SMILES string of the molecule is CC(=O)CCCC(=O)N[C@@H](CC(C)C)C(=O)O. The van der Waals surface area contributed by atoms with E-state index in [1.807, 2.05) is 13.8 Å². The van der Waals surface area contributed by atoms with Gasteiger partial charge in [-0.2, -0.15) is 0 Å². The largest absolute Gasteiger partial charge is 0.480 e. The molecule has 0 aromatic carbocycles. The van der Waals surface area contributed by atoms with Crippen molar-refractivity contribution in [2.24, 2.45) is 5.92 Å². The second kappa shape index (κ2) is 7.81. The fourth-order valence-electron chi connectivity index (χ4n) is 1.46. The van der Waals surface area contributed by atoms with Crippen LogP contribution in [0.25, 0.3) is 0 Å². The van der Waals surface area contributed by atoms with E-state index in [1.165, 1.54) is 6.92 Å². The molecule has 0 rings (SSSR count). The van der Waals surface area contributed by atoms with E-state index in [0.29, 0.717) is 19.3 Å². The van der Waals surface area contributed by atoms with Gasteiger partial charge in [-0.05, 0) is 25.7 Å². The van der Waals surface area contributed by atoms with Crippen LogP contribution in [-0.4, -0.2) is 28.8 Å². The fourth-order valence-corrected chi connectivity index (χ4v) is 1.46. The number of nitrogens with one attached hydrogen (secondary N) is 1. The van der Waals surface area contributed by atoms with Crippen LogP contribution in [0.2, 0.25) is 0 Å². The van der Waals surface area contributed by atoms with Gasteiger partial charge in [0.1, 0.15) is 11.8 Å². The summed E-state index contributed by atoms with van der Waals surface area (Å²) in [7, 11) is 0. The quantitative estimate of drug-likeness (QED) is 0.674. The van der Waals surface area contributed by atoms with Crippen molar-refractivity contribution in [3.05, 3.63) is 0 Å². The Hall–Kier alpha value is -1.39. The smallest absolute Gasteiger partial charge is 0.326 e. The predicted molar refractivity (Wildman–Crippen MR) is 63.6 cm³/mol. The Bertz CT molecular complexity index is 286. The zero-order chi connectivity index (χ0) is 13.4. The Labute approximate surface area is 102 Å². The van der Waals surface area contributed by atoms with Gasteiger partial charge in [0.05, 0.1) is 0 Å². The van der Waals surface area contributed by atoms with Gasteiger partial charge in [0.25, 0.3) is 0 Å². The molecule has 17 heavy (non-hydrogen) atoms. The molecule has 1 amide bonds. The van der Waals surface area contributed by atoms with E-state index in [0.717, 1.165) is 0 Å². The number of aliphatic carboxylic acids is 1. The van der Waals surface area contributed by atoms with Crippen LogP contribution >= 0.6 is 0 Å². The molecule has 98 valence electrons. The molecule has 0 aliphatic carbocycles. The number of rotatable bonds is 8. The number of hydrogen-bond donors (Lipinski definition) is 2. The number of carboxylic acids is 1. The first kappa shape index (κ1) is 15.6. The van der Waals surface area contributed by atoms with Crippen LogP contribution < -0.4 is 5.32 Å². The second-order valence-corrected chi connectivity index (χ2v) is 4.64. The summed E-state index contributed by atoms with van der Waals surface area (Å²) in [6, 6.07) is -0.833. The lowest BCUT2D eigenvalue weighted by molar-refractivity contribution is -0.142. The van der Waals surface area contributed by atoms with Crippen molar-refractivity contribution in [1.82, 2.24) is 5.32 Å². The lowest BCUT2D eigenvalue weighted by Crippen LogP contribution is -2.41. The van der Waals surface area contributed by atoms with Gasteiger partial charge in [0, 0.05) is 12.8 Å². The molecule has 0 spiro atoms. The van der Waals surface area contributed by atoms with Gasteiger partial charge in [-0.1, -0.05) is 13.8 Å². The molecule has 0 heterocycles. The number of carboxylic acid groups (broad SMARTS) is 1. The van der Waals surface area contributed by atoms with Crippen molar-refractivity contribution in [3.8, 4) is 0 Å². The van der Waals surface area contributed by atoms with Crippen LogP contribution in [0.15, 0.2) is 0 Å². The summed E-state index contributed by atoms with van der Waals surface area (Å²) in [5.41, 5.74) is 0. The summed E-state index contributed by atoms with van der Waals surface area (Å²) in [5, 5.41) is 11.4. The molecule has 2 N–H and O–H groups in total. The average molecular weight is 243 g/mol. The first-order valence-corrected chi connectivity index (χ1v) is 5.84. The summed E-state index contributed by atoms with van der Waals surface area (Å²) < 4.78 is 0. The molecular weight excluding hydrogens is 222 g/mol. The molecule has 5 heteroatoms. The number of Topliss-reactive ketones (excluding diaryl/α,β-unsaturated/α-hetero) is 1. The summed E-state index contributed by atoms with van der Waals surface area (Å²) in [5.74, 6) is -1.08. The van der Waals surface area contributed by atoms with Crippen LogP contribution in [0.4, 0.5) is 0 Å². The highest BCUT2D eigenvalue weighted by Crippen LogP contribution is 2.06. The van der Waals surface area contributed by atoms with E-state index in [4.69, 9.17) is 5.11 Å². The minimum Gasteiger partial charge on any atom is -0.480 e. The molecule has 0 unspecified atom stereocenters. The van der Waals surface area contributed by atoms with Gasteiger partial charge in [0.2, 0.25) is 5.91 Å². The highest BCUT2D eigenvalue weighted by Gasteiger charge is 2.20. The molecule has 0 aromatic rings. The van der Waals surface area contributed by atoms with Crippen molar-refractivity contribution < 1.29 is 19.5 Å². The molecule has 0 bridgehead atoms. The van der Waals surface area contributed by atoms with Gasteiger partial charge in [-0.25, -0.2) is 4.79 Å². The number of hydrogen-bond acceptors (Lipinski definition) is 3. The Morgan fingerprint density at radius 3 is 2.18 bits per heavy atom. The van der Waals surface area contributed by atoms with Crippen molar-refractivity contribution in [1.29, 1.82) is 0 Å². The average Bonchev–Trinajstić information content (AvgIpc) is 2.15. The van der Waals surface area contributed by atoms with E-state index in [-0.39, 0.29) is 24.0 Å². The minimum atomic E-state index is -1.02. The predicted octanol–water partition coefficient (Wildman–Crippen LogP) is 1.36. The van der Waals surface area contributed by atoms with Crippen LogP contribution in [0, 0.1) is 5.92 Å². The van der Waals surface area contributed by atoms with Gasteiger partial charge >= 0.3 is 5.97 Å². The van der Waals surface area contributed by atoms with E-state index < -0.39 is 12.0 Å². The summed E-state index contributed by atoms with van der Waals surface area (Å²) in [6.07, 6.45) is 1.43. The summed E-state index contributed by atoms with van der Waals surface area (Å²) >= 11 is 0. The standard InChI is InChI=1S/C12H21NO4/c1-8(2)7-10(12(16)17)13-11(15)6-4-5-9(3)14/h8,10H,4-7H2,1-3H3,(H,13,15)(H,16,17)/t10-/m0/s1. The number of amides is 1. The van der Waals surface area contributed by atoms with Crippen molar-refractivity contribution in [2.45, 2.75) is 52.5 Å². The molecule has 0 saturated heterocycles.